The molecule has 0 aliphatic heterocycles. The smallest absolute Gasteiger partial charge is 0.138 e. The molecule has 2 N–H and O–H groups in total. The third kappa shape index (κ3) is 2.86. The van der Waals surface area contributed by atoms with E-state index in [1.807, 2.05) is 13.0 Å². The molecule has 0 bridgehead atoms. The maximum atomic E-state index is 11.8. The second-order valence-electron chi connectivity index (χ2n) is 3.02. The quantitative estimate of drug-likeness (QED) is 0.842. The molecule has 0 heterocycles. The molecule has 0 aromatic heterocycles. The van der Waals surface area contributed by atoms with Crippen LogP contribution in [0.1, 0.15) is 18.5 Å². The topological polar surface area (TPSA) is 35.2 Å². The molecule has 1 aromatic carbocycles. The van der Waals surface area contributed by atoms with Gasteiger partial charge in [0, 0.05) is 6.04 Å². The van der Waals surface area contributed by atoms with Crippen LogP contribution in [0.3, 0.4) is 0 Å². The van der Waals surface area contributed by atoms with Gasteiger partial charge in [0.15, 0.2) is 0 Å². The zero-order valence-corrected chi connectivity index (χ0v) is 8.72. The van der Waals surface area contributed by atoms with E-state index in [0.717, 1.165) is 5.56 Å². The number of hydrogen-bond acceptors (Lipinski definition) is 2. The SMILES string of the molecule is C[C@H](N)c1ccc(OCCF)c(Cl)c1. The van der Waals surface area contributed by atoms with Gasteiger partial charge in [0.2, 0.25) is 0 Å². The highest BCUT2D eigenvalue weighted by molar-refractivity contribution is 6.32. The lowest BCUT2D eigenvalue weighted by Gasteiger charge is -2.09. The van der Waals surface area contributed by atoms with Gasteiger partial charge in [0.05, 0.1) is 5.02 Å². The summed E-state index contributed by atoms with van der Waals surface area (Å²) in [7, 11) is 0. The molecule has 0 spiro atoms. The minimum atomic E-state index is -0.522. The lowest BCUT2D eigenvalue weighted by molar-refractivity contribution is 0.273. The number of hydrogen-bond donors (Lipinski definition) is 1. The van der Waals surface area contributed by atoms with Gasteiger partial charge < -0.3 is 10.5 Å². The Hall–Kier alpha value is -0.800. The summed E-state index contributed by atoms with van der Waals surface area (Å²) in [5.41, 5.74) is 6.61. The van der Waals surface area contributed by atoms with E-state index in [-0.39, 0.29) is 12.6 Å². The van der Waals surface area contributed by atoms with E-state index in [1.54, 1.807) is 12.1 Å². The maximum Gasteiger partial charge on any atom is 0.138 e. The monoisotopic (exact) mass is 217 g/mol. The third-order valence-corrected chi connectivity index (χ3v) is 2.11. The average Bonchev–Trinajstić information content (AvgIpc) is 2.15. The first-order valence-corrected chi connectivity index (χ1v) is 4.76. The first-order chi connectivity index (χ1) is 6.65. The van der Waals surface area contributed by atoms with E-state index in [1.165, 1.54) is 0 Å². The summed E-state index contributed by atoms with van der Waals surface area (Å²) in [5.74, 6) is 0.494. The molecule has 0 fully saturated rings. The predicted octanol–water partition coefficient (Wildman–Crippen LogP) is 2.71. The highest BCUT2D eigenvalue weighted by Gasteiger charge is 2.05. The summed E-state index contributed by atoms with van der Waals surface area (Å²) in [6.07, 6.45) is 0. The molecule has 0 amide bonds. The minimum absolute atomic E-state index is 0.0250. The van der Waals surface area contributed by atoms with Crippen molar-refractivity contribution in [3.63, 3.8) is 0 Å². The van der Waals surface area contributed by atoms with Gasteiger partial charge >= 0.3 is 0 Å². The number of ether oxygens (including phenoxy) is 1. The van der Waals surface area contributed by atoms with Crippen molar-refractivity contribution >= 4 is 11.6 Å². The number of nitrogens with two attached hydrogens (primary N) is 1. The Bertz CT molecular complexity index is 304. The first-order valence-electron chi connectivity index (χ1n) is 4.39. The van der Waals surface area contributed by atoms with Crippen LogP contribution in [0, 0.1) is 0 Å². The fourth-order valence-corrected chi connectivity index (χ4v) is 1.31. The molecule has 78 valence electrons. The molecule has 1 atom stereocenters. The van der Waals surface area contributed by atoms with Crippen molar-refractivity contribution in [1.29, 1.82) is 0 Å². The third-order valence-electron chi connectivity index (χ3n) is 1.82. The lowest BCUT2D eigenvalue weighted by Crippen LogP contribution is -2.05. The Labute approximate surface area is 87.8 Å². The van der Waals surface area contributed by atoms with E-state index in [0.29, 0.717) is 10.8 Å². The fourth-order valence-electron chi connectivity index (χ4n) is 1.07. The van der Waals surface area contributed by atoms with Gasteiger partial charge in [-0.15, -0.1) is 0 Å². The molecule has 1 aromatic rings. The van der Waals surface area contributed by atoms with Gasteiger partial charge in [-0.05, 0) is 24.6 Å². The van der Waals surface area contributed by atoms with E-state index < -0.39 is 6.67 Å². The molecular weight excluding hydrogens is 205 g/mol. The van der Waals surface area contributed by atoms with Crippen molar-refractivity contribution in [2.45, 2.75) is 13.0 Å². The first kappa shape index (κ1) is 11.3. The highest BCUT2D eigenvalue weighted by Crippen LogP contribution is 2.27. The molecule has 2 nitrogen and oxygen atoms in total. The van der Waals surface area contributed by atoms with Crippen molar-refractivity contribution in [2.75, 3.05) is 13.3 Å². The molecule has 0 aliphatic rings. The van der Waals surface area contributed by atoms with Crippen molar-refractivity contribution in [3.05, 3.63) is 28.8 Å². The lowest BCUT2D eigenvalue weighted by atomic mass is 10.1. The maximum absolute atomic E-state index is 11.8. The molecule has 4 heteroatoms. The Morgan fingerprint density at radius 3 is 2.79 bits per heavy atom. The van der Waals surface area contributed by atoms with Crippen LogP contribution in [-0.4, -0.2) is 13.3 Å². The summed E-state index contributed by atoms with van der Waals surface area (Å²) >= 11 is 5.91. The summed E-state index contributed by atoms with van der Waals surface area (Å²) in [6, 6.07) is 5.20. The number of alkyl halides is 1. The number of rotatable bonds is 4. The molecular formula is C10H13ClFNO. The van der Waals surface area contributed by atoms with Gasteiger partial charge in [-0.2, -0.15) is 0 Å². The summed E-state index contributed by atoms with van der Waals surface area (Å²) in [5, 5.41) is 0.466. The Balaban J connectivity index is 2.79. The number of halogens is 2. The minimum Gasteiger partial charge on any atom is -0.489 e. The van der Waals surface area contributed by atoms with Crippen LogP contribution in [0.4, 0.5) is 4.39 Å². The zero-order valence-electron chi connectivity index (χ0n) is 7.97. The predicted molar refractivity (Wildman–Crippen MR) is 55.5 cm³/mol. The van der Waals surface area contributed by atoms with Crippen LogP contribution < -0.4 is 10.5 Å². The van der Waals surface area contributed by atoms with Crippen molar-refractivity contribution in [2.24, 2.45) is 5.73 Å². The van der Waals surface area contributed by atoms with Crippen LogP contribution in [-0.2, 0) is 0 Å². The van der Waals surface area contributed by atoms with E-state index in [4.69, 9.17) is 22.1 Å². The Kier molecular flexibility index (Phi) is 4.17. The molecule has 14 heavy (non-hydrogen) atoms. The van der Waals surface area contributed by atoms with Gasteiger partial charge in [-0.25, -0.2) is 4.39 Å². The van der Waals surface area contributed by atoms with Gasteiger partial charge in [0.25, 0.3) is 0 Å². The van der Waals surface area contributed by atoms with Crippen molar-refractivity contribution in [1.82, 2.24) is 0 Å². The zero-order chi connectivity index (χ0) is 10.6. The van der Waals surface area contributed by atoms with Crippen LogP contribution in [0.25, 0.3) is 0 Å². The second kappa shape index (κ2) is 5.17. The Morgan fingerprint density at radius 2 is 2.29 bits per heavy atom. The molecule has 0 saturated carbocycles. The van der Waals surface area contributed by atoms with E-state index in [2.05, 4.69) is 0 Å². The second-order valence-corrected chi connectivity index (χ2v) is 3.42. The van der Waals surface area contributed by atoms with E-state index in [9.17, 15) is 4.39 Å². The fraction of sp³-hybridized carbons (Fsp3) is 0.400. The van der Waals surface area contributed by atoms with Gasteiger partial charge in [0.1, 0.15) is 19.0 Å². The summed E-state index contributed by atoms with van der Waals surface area (Å²) in [4.78, 5) is 0. The van der Waals surface area contributed by atoms with Gasteiger partial charge in [-0.1, -0.05) is 17.7 Å². The van der Waals surface area contributed by atoms with Crippen LogP contribution in [0.15, 0.2) is 18.2 Å². The molecule has 0 saturated heterocycles. The van der Waals surface area contributed by atoms with Crippen molar-refractivity contribution in [3.8, 4) is 5.75 Å². The van der Waals surface area contributed by atoms with Crippen molar-refractivity contribution < 1.29 is 9.13 Å². The summed E-state index contributed by atoms with van der Waals surface area (Å²) in [6.45, 7) is 1.37. The Morgan fingerprint density at radius 1 is 1.57 bits per heavy atom. The van der Waals surface area contributed by atoms with Crippen LogP contribution in [0.5, 0.6) is 5.75 Å². The normalized spacial score (nSPS) is 12.6. The molecule has 0 unspecified atom stereocenters. The molecule has 0 radical (unpaired) electrons. The van der Waals surface area contributed by atoms with E-state index >= 15 is 0 Å². The number of benzene rings is 1. The largest absolute Gasteiger partial charge is 0.489 e. The van der Waals surface area contributed by atoms with Gasteiger partial charge in [-0.3, -0.25) is 0 Å². The van der Waals surface area contributed by atoms with Crippen LogP contribution >= 0.6 is 11.6 Å². The average molecular weight is 218 g/mol. The molecule has 0 aliphatic carbocycles. The standard InChI is InChI=1S/C10H13ClFNO/c1-7(13)8-2-3-10(9(11)6-8)14-5-4-12/h2-3,6-7H,4-5,13H2,1H3/t7-/m0/s1. The highest BCUT2D eigenvalue weighted by atomic mass is 35.5. The molecule has 1 rings (SSSR count). The van der Waals surface area contributed by atoms with Crippen LogP contribution in [0.2, 0.25) is 5.02 Å². The summed E-state index contributed by atoms with van der Waals surface area (Å²) < 4.78 is 16.9.